The molecule has 0 spiro atoms. The Morgan fingerprint density at radius 1 is 0.327 bits per heavy atom. The summed E-state index contributed by atoms with van der Waals surface area (Å²) >= 11 is 0. The first-order valence-electron chi connectivity index (χ1n) is 22.6. The second kappa shape index (κ2) is 12.4. The molecular formula is C49H31N3. The summed E-state index contributed by atoms with van der Waals surface area (Å²) in [5.74, 6) is -0.677. The molecule has 0 amide bonds. The molecule has 3 nitrogen and oxygen atoms in total. The second-order valence-corrected chi connectivity index (χ2v) is 12.3. The van der Waals surface area contributed by atoms with Crippen molar-refractivity contribution in [3.8, 4) is 56.4 Å². The van der Waals surface area contributed by atoms with Crippen molar-refractivity contribution >= 4 is 43.1 Å². The molecule has 52 heavy (non-hydrogen) atoms. The lowest BCUT2D eigenvalue weighted by Crippen LogP contribution is -2.00. The Morgan fingerprint density at radius 3 is 1.85 bits per heavy atom. The summed E-state index contributed by atoms with van der Waals surface area (Å²) in [6, 6.07) is 28.9. The molecule has 0 bridgehead atoms. The number of rotatable bonds is 5. The molecule has 242 valence electrons. The Morgan fingerprint density at radius 2 is 0.981 bits per heavy atom. The zero-order chi connectivity index (χ0) is 44.9. The Balaban J connectivity index is 1.30. The standard InChI is InChI=1S/C49H31N3/c1-2-10-32(11-3-1)36-26-27-45-39(28-36)16-9-19-46(45)49-51-47(41-24-20-33-12-4-5-14-35(33)30-41)50-48(52-49)42-25-22-37-29-40(23-21-38(37)31-42)44-18-8-15-34-13-6-7-17-43(34)44/h1-31H/i9D,16D,19D,21D,22D,23D,25D,26D,27D,28D,29D,31D. The third-order valence-corrected chi connectivity index (χ3v) is 9.02. The fraction of sp³-hybridized carbons (Fsp3) is 0. The highest BCUT2D eigenvalue weighted by atomic mass is 15.0. The van der Waals surface area contributed by atoms with Crippen LogP contribution in [0.3, 0.4) is 0 Å². The molecule has 1 aromatic heterocycles. The predicted octanol–water partition coefficient (Wildman–Crippen LogP) is 12.8. The number of benzene rings is 9. The lowest BCUT2D eigenvalue weighted by molar-refractivity contribution is 1.08. The van der Waals surface area contributed by atoms with Gasteiger partial charge in [0.25, 0.3) is 0 Å². The molecule has 9 aromatic carbocycles. The van der Waals surface area contributed by atoms with Crippen molar-refractivity contribution in [3.63, 3.8) is 0 Å². The van der Waals surface area contributed by atoms with Crippen molar-refractivity contribution in [1.29, 1.82) is 0 Å². The molecule has 0 N–H and O–H groups in total. The van der Waals surface area contributed by atoms with Crippen LogP contribution in [0.5, 0.6) is 0 Å². The minimum absolute atomic E-state index is 0.0189. The lowest BCUT2D eigenvalue weighted by atomic mass is 9.95. The van der Waals surface area contributed by atoms with Gasteiger partial charge in [0.05, 0.1) is 16.4 Å². The molecule has 0 fully saturated rings. The quantitative estimate of drug-likeness (QED) is 0.182. The Hall–Kier alpha value is -6.97. The van der Waals surface area contributed by atoms with Gasteiger partial charge in [-0.2, -0.15) is 0 Å². The van der Waals surface area contributed by atoms with E-state index in [0.717, 1.165) is 21.5 Å². The summed E-state index contributed by atoms with van der Waals surface area (Å²) in [6.07, 6.45) is 0. The number of hydrogen-bond acceptors (Lipinski definition) is 3. The van der Waals surface area contributed by atoms with Crippen LogP contribution in [-0.2, 0) is 0 Å². The van der Waals surface area contributed by atoms with E-state index < -0.39 is 48.3 Å². The van der Waals surface area contributed by atoms with E-state index in [2.05, 4.69) is 0 Å². The lowest BCUT2D eigenvalue weighted by Gasteiger charge is -2.12. The van der Waals surface area contributed by atoms with Crippen LogP contribution >= 0.6 is 0 Å². The fourth-order valence-electron chi connectivity index (χ4n) is 6.45. The normalized spacial score (nSPS) is 14.7. The first kappa shape index (κ1) is 20.0. The van der Waals surface area contributed by atoms with E-state index in [-0.39, 0.29) is 85.4 Å². The minimum atomic E-state index is -0.588. The van der Waals surface area contributed by atoms with Crippen LogP contribution in [0.2, 0.25) is 0 Å². The van der Waals surface area contributed by atoms with E-state index in [1.165, 1.54) is 0 Å². The molecule has 10 rings (SSSR count). The van der Waals surface area contributed by atoms with Gasteiger partial charge in [0.2, 0.25) is 0 Å². The van der Waals surface area contributed by atoms with E-state index in [1.807, 2.05) is 66.7 Å². The molecule has 0 unspecified atom stereocenters. The van der Waals surface area contributed by atoms with Gasteiger partial charge in [-0.05, 0) is 89.5 Å². The maximum absolute atomic E-state index is 9.58. The van der Waals surface area contributed by atoms with Gasteiger partial charge in [0, 0.05) is 16.7 Å². The summed E-state index contributed by atoms with van der Waals surface area (Å²) in [6.45, 7) is 0. The Bertz CT molecular complexity index is 3650. The molecule has 0 aliphatic rings. The number of aromatic nitrogens is 3. The molecule has 0 aliphatic heterocycles. The molecule has 1 heterocycles. The molecule has 0 aliphatic carbocycles. The van der Waals surface area contributed by atoms with E-state index in [9.17, 15) is 12.3 Å². The van der Waals surface area contributed by atoms with Crippen LogP contribution in [0.15, 0.2) is 188 Å². The molecule has 10 aromatic rings. The third-order valence-electron chi connectivity index (χ3n) is 9.02. The van der Waals surface area contributed by atoms with Crippen molar-refractivity contribution in [2.24, 2.45) is 0 Å². The zero-order valence-corrected chi connectivity index (χ0v) is 27.3. The highest BCUT2D eigenvalue weighted by molar-refractivity contribution is 6.00. The van der Waals surface area contributed by atoms with Gasteiger partial charge in [-0.3, -0.25) is 0 Å². The fourth-order valence-corrected chi connectivity index (χ4v) is 6.45. The summed E-state index contributed by atoms with van der Waals surface area (Å²) in [5, 5.41) is 2.52. The van der Waals surface area contributed by atoms with Gasteiger partial charge >= 0.3 is 0 Å². The SMILES string of the molecule is [2H]c1c(-c2cccc3ccccc23)c([2H])c2c([2H])c([2H])c(-c3nc(-c4ccc5ccccc5c4)nc(-c4c([2H])c([2H])c([2H])c5c([2H])c(-c6ccccc6)c([2H])c([2H])c45)n3)c([2H])c2c1[2H]. The van der Waals surface area contributed by atoms with Gasteiger partial charge in [-0.1, -0.05) is 164 Å². The van der Waals surface area contributed by atoms with E-state index >= 15 is 0 Å². The average Bonchev–Trinajstić information content (AvgIpc) is 3.30. The molecule has 0 radical (unpaired) electrons. The van der Waals surface area contributed by atoms with E-state index in [4.69, 9.17) is 19.1 Å². The smallest absolute Gasteiger partial charge is 0.164 e. The summed E-state index contributed by atoms with van der Waals surface area (Å²) in [7, 11) is 0. The third kappa shape index (κ3) is 5.37. The van der Waals surface area contributed by atoms with Crippen LogP contribution < -0.4 is 0 Å². The van der Waals surface area contributed by atoms with Crippen LogP contribution in [0.4, 0.5) is 0 Å². The van der Waals surface area contributed by atoms with Crippen LogP contribution in [-0.4, -0.2) is 15.0 Å². The molecule has 0 atom stereocenters. The minimum Gasteiger partial charge on any atom is -0.208 e. The van der Waals surface area contributed by atoms with Crippen molar-refractivity contribution < 1.29 is 16.4 Å². The highest BCUT2D eigenvalue weighted by Gasteiger charge is 2.16. The number of hydrogen-bond donors (Lipinski definition) is 0. The van der Waals surface area contributed by atoms with Crippen molar-refractivity contribution in [2.45, 2.75) is 0 Å². The highest BCUT2D eigenvalue weighted by Crippen LogP contribution is 2.35. The Labute approximate surface area is 318 Å². The van der Waals surface area contributed by atoms with Gasteiger partial charge in [0.1, 0.15) is 0 Å². The summed E-state index contributed by atoms with van der Waals surface area (Å²) in [4.78, 5) is 14.2. The second-order valence-electron chi connectivity index (χ2n) is 12.3. The van der Waals surface area contributed by atoms with Gasteiger partial charge in [-0.25, -0.2) is 15.0 Å². The molecule has 0 saturated carbocycles. The topological polar surface area (TPSA) is 38.7 Å². The molecule has 0 saturated heterocycles. The van der Waals surface area contributed by atoms with Crippen molar-refractivity contribution in [2.75, 3.05) is 0 Å². The van der Waals surface area contributed by atoms with E-state index in [0.29, 0.717) is 16.7 Å². The predicted molar refractivity (Wildman–Crippen MR) is 217 cm³/mol. The summed E-state index contributed by atoms with van der Waals surface area (Å²) in [5.41, 5.74) is 0.961. The monoisotopic (exact) mass is 673 g/mol. The largest absolute Gasteiger partial charge is 0.208 e. The van der Waals surface area contributed by atoms with Gasteiger partial charge in [-0.15, -0.1) is 0 Å². The number of fused-ring (bicyclic) bond motifs is 4. The van der Waals surface area contributed by atoms with Crippen LogP contribution in [0.25, 0.3) is 99.5 Å². The molecule has 3 heteroatoms. The first-order valence-corrected chi connectivity index (χ1v) is 16.6. The maximum Gasteiger partial charge on any atom is 0.164 e. The van der Waals surface area contributed by atoms with Gasteiger partial charge in [0.15, 0.2) is 17.5 Å². The van der Waals surface area contributed by atoms with Crippen molar-refractivity contribution in [1.82, 2.24) is 15.0 Å². The number of nitrogens with zero attached hydrogens (tertiary/aromatic N) is 3. The first-order chi connectivity index (χ1) is 30.8. The van der Waals surface area contributed by atoms with Crippen LogP contribution in [0.1, 0.15) is 16.4 Å². The van der Waals surface area contributed by atoms with Gasteiger partial charge < -0.3 is 0 Å². The maximum atomic E-state index is 9.58. The van der Waals surface area contributed by atoms with E-state index in [1.54, 1.807) is 48.5 Å². The summed E-state index contributed by atoms with van der Waals surface area (Å²) < 4.78 is 111. The average molecular weight is 674 g/mol. The van der Waals surface area contributed by atoms with Crippen molar-refractivity contribution in [3.05, 3.63) is 188 Å². The van der Waals surface area contributed by atoms with Crippen LogP contribution in [0, 0.1) is 0 Å². The molecular weight excluding hydrogens is 631 g/mol. The zero-order valence-electron chi connectivity index (χ0n) is 39.3. The Kier molecular flexibility index (Phi) is 4.78.